The van der Waals surface area contributed by atoms with E-state index in [4.69, 9.17) is 5.11 Å². The zero-order valence-electron chi connectivity index (χ0n) is 9.15. The maximum absolute atomic E-state index is 10.3. The Morgan fingerprint density at radius 1 is 1.60 bits per heavy atom. The number of β-amino-alcohol motifs (C(OH)–C–C–N with tert-alkyl or cyclic N) is 1. The second-order valence-corrected chi connectivity index (χ2v) is 4.16. The van der Waals surface area contributed by atoms with Crippen LogP contribution in [0.5, 0.6) is 0 Å². The van der Waals surface area contributed by atoms with Gasteiger partial charge >= 0.3 is 5.97 Å². The zero-order valence-corrected chi connectivity index (χ0v) is 9.15. The molecule has 0 aromatic carbocycles. The molecule has 4 heteroatoms. The van der Waals surface area contributed by atoms with Crippen LogP contribution in [0.15, 0.2) is 12.2 Å². The second-order valence-electron chi connectivity index (χ2n) is 4.16. The zero-order chi connectivity index (χ0) is 11.3. The predicted octanol–water partition coefficient (Wildman–Crippen LogP) is 0.864. The number of hydrogen-bond donors (Lipinski definition) is 2. The molecule has 1 aliphatic rings. The molecule has 0 aliphatic carbocycles. The van der Waals surface area contributed by atoms with Crippen LogP contribution in [-0.4, -0.2) is 46.3 Å². The maximum atomic E-state index is 10.3. The van der Waals surface area contributed by atoms with Gasteiger partial charge in [-0.3, -0.25) is 4.90 Å². The van der Waals surface area contributed by atoms with Gasteiger partial charge < -0.3 is 10.2 Å². The molecule has 1 aliphatic heterocycles. The number of carbonyl (C=O) groups is 1. The van der Waals surface area contributed by atoms with E-state index in [0.717, 1.165) is 31.9 Å². The van der Waals surface area contributed by atoms with Gasteiger partial charge in [0.2, 0.25) is 0 Å². The number of aliphatic carboxylic acids is 1. The first-order valence-electron chi connectivity index (χ1n) is 5.40. The van der Waals surface area contributed by atoms with Crippen LogP contribution in [0.4, 0.5) is 0 Å². The van der Waals surface area contributed by atoms with E-state index < -0.39 is 11.6 Å². The van der Waals surface area contributed by atoms with Crippen molar-refractivity contribution in [2.75, 3.05) is 19.6 Å². The molecule has 0 aromatic heterocycles. The van der Waals surface area contributed by atoms with E-state index >= 15 is 0 Å². The van der Waals surface area contributed by atoms with Gasteiger partial charge in [0.1, 0.15) is 0 Å². The fourth-order valence-corrected chi connectivity index (χ4v) is 1.95. The molecule has 1 unspecified atom stereocenters. The summed E-state index contributed by atoms with van der Waals surface area (Å²) in [4.78, 5) is 12.4. The minimum atomic E-state index is -0.919. The van der Waals surface area contributed by atoms with Crippen LogP contribution in [0.3, 0.4) is 0 Å². The van der Waals surface area contributed by atoms with E-state index in [9.17, 15) is 9.90 Å². The second kappa shape index (κ2) is 5.28. The lowest BCUT2D eigenvalue weighted by atomic mass is 9.90. The van der Waals surface area contributed by atoms with Crippen molar-refractivity contribution in [2.24, 2.45) is 0 Å². The highest BCUT2D eigenvalue weighted by atomic mass is 16.4. The molecular formula is C11H19NO3. The molecule has 15 heavy (non-hydrogen) atoms. The fraction of sp³-hybridized carbons (Fsp3) is 0.727. The third-order valence-electron chi connectivity index (χ3n) is 2.92. The summed E-state index contributed by atoms with van der Waals surface area (Å²) in [6.45, 7) is 4.17. The van der Waals surface area contributed by atoms with Gasteiger partial charge in [0.05, 0.1) is 5.60 Å². The van der Waals surface area contributed by atoms with Crippen molar-refractivity contribution in [1.82, 2.24) is 4.90 Å². The minimum absolute atomic E-state index is 0.574. The van der Waals surface area contributed by atoms with Gasteiger partial charge in [0.25, 0.3) is 0 Å². The Bertz CT molecular complexity index is 252. The molecule has 86 valence electrons. The lowest BCUT2D eigenvalue weighted by Gasteiger charge is -2.38. The Labute approximate surface area is 90.2 Å². The molecule has 0 aromatic rings. The van der Waals surface area contributed by atoms with Gasteiger partial charge in [-0.15, -0.1) is 0 Å². The molecule has 1 rings (SSSR count). The number of likely N-dealkylation sites (tertiary alicyclic amines) is 1. The lowest BCUT2D eigenvalue weighted by Crippen LogP contribution is -2.47. The van der Waals surface area contributed by atoms with Gasteiger partial charge in [-0.05, 0) is 25.8 Å². The van der Waals surface area contributed by atoms with Crippen LogP contribution >= 0.6 is 0 Å². The van der Waals surface area contributed by atoms with Gasteiger partial charge in [-0.25, -0.2) is 4.79 Å². The quantitative estimate of drug-likeness (QED) is 0.680. The standard InChI is InChI=1S/C11H19NO3/c1-2-11(15)6-4-8-12(9-11)7-3-5-10(13)14/h3,5,15H,2,4,6-9H2,1H3,(H,13,14). The summed E-state index contributed by atoms with van der Waals surface area (Å²) in [6.07, 6.45) is 5.36. The van der Waals surface area contributed by atoms with Crippen molar-refractivity contribution in [3.05, 3.63) is 12.2 Å². The largest absolute Gasteiger partial charge is 0.478 e. The first kappa shape index (κ1) is 12.2. The van der Waals surface area contributed by atoms with Crippen molar-refractivity contribution in [1.29, 1.82) is 0 Å². The summed E-state index contributed by atoms with van der Waals surface area (Å²) in [6, 6.07) is 0. The van der Waals surface area contributed by atoms with Crippen LogP contribution in [0, 0.1) is 0 Å². The number of rotatable bonds is 4. The van der Waals surface area contributed by atoms with Crippen LogP contribution in [-0.2, 0) is 4.79 Å². The Kier molecular flexibility index (Phi) is 4.29. The Balaban J connectivity index is 2.40. The van der Waals surface area contributed by atoms with E-state index in [0.29, 0.717) is 13.1 Å². The van der Waals surface area contributed by atoms with Crippen molar-refractivity contribution in [3.63, 3.8) is 0 Å². The van der Waals surface area contributed by atoms with E-state index in [2.05, 4.69) is 4.90 Å². The molecule has 0 spiro atoms. The van der Waals surface area contributed by atoms with Crippen molar-refractivity contribution < 1.29 is 15.0 Å². The summed E-state index contributed by atoms with van der Waals surface area (Å²) < 4.78 is 0. The minimum Gasteiger partial charge on any atom is -0.478 e. The van der Waals surface area contributed by atoms with Gasteiger partial charge in [0.15, 0.2) is 0 Å². The molecular weight excluding hydrogens is 194 g/mol. The summed E-state index contributed by atoms with van der Waals surface area (Å²) >= 11 is 0. The van der Waals surface area contributed by atoms with Crippen molar-refractivity contribution in [3.8, 4) is 0 Å². The summed E-state index contributed by atoms with van der Waals surface area (Å²) in [5, 5.41) is 18.5. The highest BCUT2D eigenvalue weighted by molar-refractivity contribution is 5.79. The third kappa shape index (κ3) is 4.01. The molecule has 0 saturated carbocycles. The third-order valence-corrected chi connectivity index (χ3v) is 2.92. The van der Waals surface area contributed by atoms with Crippen LogP contribution < -0.4 is 0 Å². The molecule has 0 bridgehead atoms. The lowest BCUT2D eigenvalue weighted by molar-refractivity contribution is -0.131. The van der Waals surface area contributed by atoms with Gasteiger partial charge in [-0.1, -0.05) is 13.0 Å². The average Bonchev–Trinajstić information content (AvgIpc) is 2.17. The number of carboxylic acid groups (broad SMARTS) is 1. The Hall–Kier alpha value is -0.870. The molecule has 1 saturated heterocycles. The highest BCUT2D eigenvalue weighted by Crippen LogP contribution is 2.23. The Morgan fingerprint density at radius 3 is 2.93 bits per heavy atom. The van der Waals surface area contributed by atoms with Gasteiger partial charge in [-0.2, -0.15) is 0 Å². The molecule has 0 radical (unpaired) electrons. The van der Waals surface area contributed by atoms with Crippen LogP contribution in [0.1, 0.15) is 26.2 Å². The van der Waals surface area contributed by atoms with E-state index in [1.54, 1.807) is 6.08 Å². The first-order valence-corrected chi connectivity index (χ1v) is 5.40. The van der Waals surface area contributed by atoms with Crippen molar-refractivity contribution in [2.45, 2.75) is 31.8 Å². The predicted molar refractivity (Wildman–Crippen MR) is 57.7 cm³/mol. The fourth-order valence-electron chi connectivity index (χ4n) is 1.95. The number of hydrogen-bond acceptors (Lipinski definition) is 3. The maximum Gasteiger partial charge on any atom is 0.328 e. The normalized spacial score (nSPS) is 28.4. The van der Waals surface area contributed by atoms with Crippen LogP contribution in [0.25, 0.3) is 0 Å². The molecule has 2 N–H and O–H groups in total. The molecule has 0 amide bonds. The summed E-state index contributed by atoms with van der Waals surface area (Å²) in [5.41, 5.74) is -0.574. The van der Waals surface area contributed by atoms with Gasteiger partial charge in [0, 0.05) is 19.2 Å². The average molecular weight is 213 g/mol. The molecule has 1 atom stereocenters. The van der Waals surface area contributed by atoms with Crippen LogP contribution in [0.2, 0.25) is 0 Å². The molecule has 1 fully saturated rings. The first-order chi connectivity index (χ1) is 7.06. The number of carboxylic acids is 1. The number of aliphatic hydroxyl groups is 1. The summed E-state index contributed by atoms with van der Waals surface area (Å²) in [7, 11) is 0. The van der Waals surface area contributed by atoms with E-state index in [1.165, 1.54) is 0 Å². The van der Waals surface area contributed by atoms with E-state index in [-0.39, 0.29) is 0 Å². The number of nitrogens with zero attached hydrogens (tertiary/aromatic N) is 1. The number of piperidine rings is 1. The SMILES string of the molecule is CCC1(O)CCCN(CC=CC(=O)O)C1. The smallest absolute Gasteiger partial charge is 0.328 e. The molecule has 4 nitrogen and oxygen atoms in total. The van der Waals surface area contributed by atoms with Crippen molar-refractivity contribution >= 4 is 5.97 Å². The monoisotopic (exact) mass is 213 g/mol. The highest BCUT2D eigenvalue weighted by Gasteiger charge is 2.30. The molecule has 1 heterocycles. The topological polar surface area (TPSA) is 60.8 Å². The summed E-state index contributed by atoms with van der Waals surface area (Å²) in [5.74, 6) is -0.919. The van der Waals surface area contributed by atoms with E-state index in [1.807, 2.05) is 6.92 Å². The Morgan fingerprint density at radius 2 is 2.33 bits per heavy atom.